The molecule has 10 heteroatoms. The number of nitrogens with zero attached hydrogens (tertiary/aromatic N) is 7. The number of tetrazole rings is 1. The van der Waals surface area contributed by atoms with E-state index in [0.717, 1.165) is 18.7 Å². The van der Waals surface area contributed by atoms with E-state index < -0.39 is 0 Å². The molecule has 0 saturated carbocycles. The van der Waals surface area contributed by atoms with E-state index in [4.69, 9.17) is 4.74 Å². The molecule has 0 saturated heterocycles. The van der Waals surface area contributed by atoms with Crippen molar-refractivity contribution in [3.8, 4) is 5.69 Å². The lowest BCUT2D eigenvalue weighted by Gasteiger charge is -2.15. The van der Waals surface area contributed by atoms with E-state index in [1.807, 2.05) is 17.6 Å². The molecule has 0 aliphatic rings. The van der Waals surface area contributed by atoms with Gasteiger partial charge in [-0.3, -0.25) is 4.79 Å². The van der Waals surface area contributed by atoms with Crippen LogP contribution in [0.2, 0.25) is 0 Å². The lowest BCUT2D eigenvalue weighted by Crippen LogP contribution is -2.29. The second kappa shape index (κ2) is 8.49. The molecule has 3 aromatic rings. The van der Waals surface area contributed by atoms with Crippen LogP contribution in [-0.4, -0.2) is 54.6 Å². The van der Waals surface area contributed by atoms with Crippen LogP contribution >= 0.6 is 0 Å². The van der Waals surface area contributed by atoms with Gasteiger partial charge in [-0.1, -0.05) is 6.07 Å². The Morgan fingerprint density at radius 2 is 2.19 bits per heavy atom. The molecule has 142 valence electrons. The first-order valence-electron chi connectivity index (χ1n) is 8.63. The highest BCUT2D eigenvalue weighted by atomic mass is 16.5. The Hall–Kier alpha value is -3.14. The number of ether oxygens (including phenoxy) is 1. The number of carbonyl (C=O) groups is 1. The van der Waals surface area contributed by atoms with Crippen molar-refractivity contribution in [1.82, 2.24) is 40.3 Å². The number of amides is 1. The number of hydrogen-bond acceptors (Lipinski definition) is 7. The lowest BCUT2D eigenvalue weighted by molar-refractivity contribution is 0.0937. The summed E-state index contributed by atoms with van der Waals surface area (Å²) in [7, 11) is 1.67. The van der Waals surface area contributed by atoms with Gasteiger partial charge in [0.1, 0.15) is 6.33 Å². The Labute approximate surface area is 156 Å². The van der Waals surface area contributed by atoms with Crippen LogP contribution in [0.3, 0.4) is 0 Å². The molecule has 27 heavy (non-hydrogen) atoms. The van der Waals surface area contributed by atoms with E-state index in [-0.39, 0.29) is 11.9 Å². The van der Waals surface area contributed by atoms with Crippen molar-refractivity contribution >= 4 is 5.91 Å². The topological polar surface area (TPSA) is 113 Å². The van der Waals surface area contributed by atoms with E-state index in [0.29, 0.717) is 23.8 Å². The van der Waals surface area contributed by atoms with Crippen molar-refractivity contribution in [3.05, 3.63) is 47.8 Å². The number of carbonyl (C=O) groups excluding carboxylic acids is 1. The van der Waals surface area contributed by atoms with Crippen LogP contribution < -0.4 is 5.32 Å². The fourth-order valence-electron chi connectivity index (χ4n) is 2.74. The van der Waals surface area contributed by atoms with Crippen molar-refractivity contribution in [2.45, 2.75) is 32.9 Å². The van der Waals surface area contributed by atoms with Gasteiger partial charge < -0.3 is 14.6 Å². The first-order valence-corrected chi connectivity index (χ1v) is 8.63. The average Bonchev–Trinajstić information content (AvgIpc) is 3.31. The molecule has 0 aliphatic heterocycles. The van der Waals surface area contributed by atoms with Gasteiger partial charge in [-0.05, 0) is 48.9 Å². The van der Waals surface area contributed by atoms with Gasteiger partial charge in [0.25, 0.3) is 5.91 Å². The minimum absolute atomic E-state index is 0.207. The number of nitrogens with one attached hydrogen (secondary N) is 1. The van der Waals surface area contributed by atoms with Gasteiger partial charge in [0, 0.05) is 25.8 Å². The van der Waals surface area contributed by atoms with Crippen LogP contribution in [-0.2, 0) is 11.3 Å². The monoisotopic (exact) mass is 370 g/mol. The molecule has 3 rings (SSSR count). The first kappa shape index (κ1) is 18.6. The van der Waals surface area contributed by atoms with E-state index in [2.05, 4.69) is 31.0 Å². The largest absolute Gasteiger partial charge is 0.385 e. The maximum Gasteiger partial charge on any atom is 0.251 e. The summed E-state index contributed by atoms with van der Waals surface area (Å²) in [5, 5.41) is 22.5. The smallest absolute Gasteiger partial charge is 0.251 e. The predicted octanol–water partition coefficient (Wildman–Crippen LogP) is 1.09. The summed E-state index contributed by atoms with van der Waals surface area (Å²) >= 11 is 0. The minimum Gasteiger partial charge on any atom is -0.385 e. The number of benzene rings is 1. The van der Waals surface area contributed by atoms with Crippen LogP contribution in [0.1, 0.15) is 41.4 Å². The van der Waals surface area contributed by atoms with Crippen molar-refractivity contribution in [3.63, 3.8) is 0 Å². The second-order valence-corrected chi connectivity index (χ2v) is 6.11. The maximum absolute atomic E-state index is 12.7. The fourth-order valence-corrected chi connectivity index (χ4v) is 2.74. The van der Waals surface area contributed by atoms with E-state index in [1.165, 1.54) is 0 Å². The normalized spacial score (nSPS) is 12.1. The van der Waals surface area contributed by atoms with Gasteiger partial charge in [0.2, 0.25) is 0 Å². The quantitative estimate of drug-likeness (QED) is 0.591. The first-order chi connectivity index (χ1) is 13.1. The Morgan fingerprint density at radius 1 is 1.33 bits per heavy atom. The number of aryl methyl sites for hydroxylation is 2. The maximum atomic E-state index is 12.7. The molecule has 1 aromatic carbocycles. The molecular formula is C17H22N8O2. The third kappa shape index (κ3) is 4.34. The number of methoxy groups -OCH3 is 1. The molecule has 1 N–H and O–H groups in total. The molecule has 1 atom stereocenters. The second-order valence-electron chi connectivity index (χ2n) is 6.11. The van der Waals surface area contributed by atoms with Crippen LogP contribution in [0.5, 0.6) is 0 Å². The van der Waals surface area contributed by atoms with Gasteiger partial charge in [-0.2, -0.15) is 4.68 Å². The Bertz CT molecular complexity index is 904. The predicted molar refractivity (Wildman–Crippen MR) is 96.3 cm³/mol. The third-order valence-electron chi connectivity index (χ3n) is 4.11. The summed E-state index contributed by atoms with van der Waals surface area (Å²) in [6.45, 7) is 5.06. The Balaban J connectivity index is 1.71. The molecule has 1 amide bonds. The summed E-state index contributed by atoms with van der Waals surface area (Å²) in [5.74, 6) is 1.14. The summed E-state index contributed by atoms with van der Waals surface area (Å²) in [6.07, 6.45) is 2.50. The molecule has 0 fully saturated rings. The highest BCUT2D eigenvalue weighted by Crippen LogP contribution is 2.14. The number of rotatable bonds is 8. The molecule has 2 aromatic heterocycles. The number of hydrogen-bond donors (Lipinski definition) is 1. The van der Waals surface area contributed by atoms with Gasteiger partial charge in [0.15, 0.2) is 11.6 Å². The fraction of sp³-hybridized carbons (Fsp3) is 0.412. The highest BCUT2D eigenvalue weighted by Gasteiger charge is 2.17. The zero-order valence-corrected chi connectivity index (χ0v) is 15.5. The summed E-state index contributed by atoms with van der Waals surface area (Å²) < 4.78 is 8.57. The van der Waals surface area contributed by atoms with Crippen LogP contribution in [0.25, 0.3) is 5.69 Å². The highest BCUT2D eigenvalue weighted by molar-refractivity contribution is 5.94. The number of aromatic nitrogens is 7. The summed E-state index contributed by atoms with van der Waals surface area (Å²) in [6, 6.07) is 6.84. The molecule has 2 heterocycles. The van der Waals surface area contributed by atoms with Crippen molar-refractivity contribution in [2.75, 3.05) is 13.7 Å². The molecule has 0 aliphatic carbocycles. The average molecular weight is 370 g/mol. The van der Waals surface area contributed by atoms with Gasteiger partial charge in [-0.15, -0.1) is 15.3 Å². The zero-order valence-electron chi connectivity index (χ0n) is 15.5. The van der Waals surface area contributed by atoms with E-state index in [1.54, 1.807) is 43.2 Å². The van der Waals surface area contributed by atoms with Crippen LogP contribution in [0.15, 0.2) is 30.6 Å². The molecule has 0 spiro atoms. The molecular weight excluding hydrogens is 348 g/mol. The van der Waals surface area contributed by atoms with E-state index in [9.17, 15) is 4.79 Å². The van der Waals surface area contributed by atoms with Crippen molar-refractivity contribution < 1.29 is 9.53 Å². The molecule has 0 radical (unpaired) electrons. The van der Waals surface area contributed by atoms with Crippen molar-refractivity contribution in [1.29, 1.82) is 0 Å². The van der Waals surface area contributed by atoms with Gasteiger partial charge in [0.05, 0.1) is 11.7 Å². The van der Waals surface area contributed by atoms with Crippen molar-refractivity contribution in [2.24, 2.45) is 0 Å². The SMILES string of the molecule is COCCCn1cnnc1C(C)NC(=O)c1cccc(-n2nnnc2C)c1. The zero-order chi connectivity index (χ0) is 19.2. The summed E-state index contributed by atoms with van der Waals surface area (Å²) in [5.41, 5.74) is 1.24. The lowest BCUT2D eigenvalue weighted by atomic mass is 10.1. The Kier molecular flexibility index (Phi) is 5.87. The molecule has 10 nitrogen and oxygen atoms in total. The van der Waals surface area contributed by atoms with Crippen LogP contribution in [0.4, 0.5) is 0 Å². The molecule has 0 bridgehead atoms. The Morgan fingerprint density at radius 3 is 2.93 bits per heavy atom. The van der Waals surface area contributed by atoms with E-state index >= 15 is 0 Å². The third-order valence-corrected chi connectivity index (χ3v) is 4.11. The minimum atomic E-state index is -0.291. The van der Waals surface area contributed by atoms with Crippen LogP contribution in [0, 0.1) is 6.92 Å². The summed E-state index contributed by atoms with van der Waals surface area (Å²) in [4.78, 5) is 12.7. The van der Waals surface area contributed by atoms with Gasteiger partial charge in [-0.25, -0.2) is 0 Å². The standard InChI is InChI=1S/C17H22N8O2/c1-12(16-21-18-11-24(16)8-5-9-27-3)19-17(26)14-6-4-7-15(10-14)25-13(2)20-22-23-25/h4,6-7,10-12H,5,8-9H2,1-3H3,(H,19,26). The molecule has 1 unspecified atom stereocenters. The van der Waals surface area contributed by atoms with Gasteiger partial charge >= 0.3 is 0 Å².